The Kier molecular flexibility index (Phi) is 5.95. The van der Waals surface area contributed by atoms with Crippen LogP contribution in [-0.2, 0) is 13.1 Å². The Hall–Kier alpha value is -3.17. The number of carboxylic acids is 1. The van der Waals surface area contributed by atoms with Crippen LogP contribution in [0.4, 0.5) is 5.69 Å². The molecule has 156 valence electrons. The third-order valence-electron chi connectivity index (χ3n) is 4.71. The van der Waals surface area contributed by atoms with Gasteiger partial charge in [-0.3, -0.25) is 19.6 Å². The summed E-state index contributed by atoms with van der Waals surface area (Å²) in [5.41, 5.74) is 0.0938. The summed E-state index contributed by atoms with van der Waals surface area (Å²) < 4.78 is 3.04. The lowest BCUT2D eigenvalue weighted by Gasteiger charge is -2.20. The number of nitrogens with zero attached hydrogens (tertiary/aromatic N) is 4. The van der Waals surface area contributed by atoms with Crippen molar-refractivity contribution in [3.05, 3.63) is 77.8 Å². The topological polar surface area (TPSA) is 120 Å². The predicted molar refractivity (Wildman–Crippen MR) is 112 cm³/mol. The van der Waals surface area contributed by atoms with Crippen molar-refractivity contribution in [3.63, 3.8) is 0 Å². The van der Waals surface area contributed by atoms with Gasteiger partial charge in [0.25, 0.3) is 0 Å². The molecule has 0 aliphatic carbocycles. The number of hydrogen-bond acceptors (Lipinski definition) is 5. The van der Waals surface area contributed by atoms with Crippen LogP contribution in [0.3, 0.4) is 0 Å². The summed E-state index contributed by atoms with van der Waals surface area (Å²) in [6, 6.07) is 5.80. The number of pyridine rings is 1. The van der Waals surface area contributed by atoms with Crippen molar-refractivity contribution in [2.24, 2.45) is 0 Å². The predicted octanol–water partition coefficient (Wildman–Crippen LogP) is 4.00. The fraction of sp³-hybridized carbons (Fsp3) is 0.211. The molecule has 3 rings (SSSR count). The van der Waals surface area contributed by atoms with Crippen molar-refractivity contribution in [3.8, 4) is 11.3 Å². The SMILES string of the molecule is CCn1c(Cn2ncc([N+](=O)[O-])c2C)cc(=O)c(C(=O)O)c1-c1ccc(Cl)c(Cl)c1. The van der Waals surface area contributed by atoms with Crippen molar-refractivity contribution in [1.82, 2.24) is 14.3 Å². The smallest absolute Gasteiger partial charge is 0.341 e. The molecular weight excluding hydrogens is 435 g/mol. The van der Waals surface area contributed by atoms with Crippen LogP contribution in [-0.4, -0.2) is 30.3 Å². The van der Waals surface area contributed by atoms with Gasteiger partial charge in [0.1, 0.15) is 17.5 Å². The van der Waals surface area contributed by atoms with Crippen LogP contribution in [0.5, 0.6) is 0 Å². The van der Waals surface area contributed by atoms with E-state index in [0.29, 0.717) is 28.5 Å². The van der Waals surface area contributed by atoms with E-state index in [4.69, 9.17) is 23.2 Å². The van der Waals surface area contributed by atoms with Crippen LogP contribution in [0.15, 0.2) is 35.3 Å². The Morgan fingerprint density at radius 2 is 1.97 bits per heavy atom. The standard InChI is InChI=1S/C19H16Cl2N4O5/c1-3-23-12(9-24-10(2)15(8-22-24)25(29)30)7-16(26)17(19(27)28)18(23)11-4-5-13(20)14(21)6-11/h4-8H,3,9H2,1-2H3,(H,27,28). The third-order valence-corrected chi connectivity index (χ3v) is 5.45. The summed E-state index contributed by atoms with van der Waals surface area (Å²) in [5, 5.41) is 25.3. The van der Waals surface area contributed by atoms with Gasteiger partial charge in [0.05, 0.1) is 27.2 Å². The molecule has 1 N–H and O–H groups in total. The number of carboxylic acid groups (broad SMARTS) is 1. The molecule has 0 bridgehead atoms. The molecule has 0 saturated carbocycles. The lowest BCUT2D eigenvalue weighted by atomic mass is 10.0. The third kappa shape index (κ3) is 3.81. The zero-order valence-electron chi connectivity index (χ0n) is 15.9. The molecule has 11 heteroatoms. The lowest BCUT2D eigenvalue weighted by molar-refractivity contribution is -0.385. The quantitative estimate of drug-likeness (QED) is 0.447. The molecule has 0 atom stereocenters. The fourth-order valence-electron chi connectivity index (χ4n) is 3.27. The van der Waals surface area contributed by atoms with Gasteiger partial charge in [0, 0.05) is 23.9 Å². The average Bonchev–Trinajstić information content (AvgIpc) is 3.03. The van der Waals surface area contributed by atoms with Crippen LogP contribution < -0.4 is 5.43 Å². The minimum Gasteiger partial charge on any atom is -0.477 e. The van der Waals surface area contributed by atoms with Crippen LogP contribution in [0.1, 0.15) is 28.7 Å². The number of carbonyl (C=O) groups is 1. The van der Waals surface area contributed by atoms with Gasteiger partial charge in [-0.2, -0.15) is 5.10 Å². The normalized spacial score (nSPS) is 10.9. The van der Waals surface area contributed by atoms with E-state index in [9.17, 15) is 24.8 Å². The van der Waals surface area contributed by atoms with Crippen LogP contribution in [0.2, 0.25) is 10.0 Å². The molecule has 0 aliphatic rings. The first-order chi connectivity index (χ1) is 14.1. The van der Waals surface area contributed by atoms with Crippen molar-refractivity contribution >= 4 is 34.9 Å². The average molecular weight is 451 g/mol. The Morgan fingerprint density at radius 3 is 2.50 bits per heavy atom. The van der Waals surface area contributed by atoms with Gasteiger partial charge >= 0.3 is 11.7 Å². The van der Waals surface area contributed by atoms with E-state index >= 15 is 0 Å². The van der Waals surface area contributed by atoms with Crippen LogP contribution in [0.25, 0.3) is 11.3 Å². The molecular formula is C19H16Cl2N4O5. The Balaban J connectivity index is 2.27. The van der Waals surface area contributed by atoms with Crippen molar-refractivity contribution in [2.75, 3.05) is 0 Å². The van der Waals surface area contributed by atoms with Crippen molar-refractivity contribution < 1.29 is 14.8 Å². The van der Waals surface area contributed by atoms with E-state index in [1.807, 2.05) is 0 Å². The Labute approximate surface area is 180 Å². The second-order valence-corrected chi connectivity index (χ2v) is 7.25. The Bertz CT molecular complexity index is 1230. The molecule has 0 radical (unpaired) electrons. The maximum Gasteiger partial charge on any atom is 0.341 e. The highest BCUT2D eigenvalue weighted by Gasteiger charge is 2.24. The minimum atomic E-state index is -1.37. The number of rotatable bonds is 6. The van der Waals surface area contributed by atoms with Crippen molar-refractivity contribution in [1.29, 1.82) is 0 Å². The van der Waals surface area contributed by atoms with E-state index in [1.165, 1.54) is 22.9 Å². The first kappa shape index (κ1) is 21.5. The second kappa shape index (κ2) is 8.29. The van der Waals surface area contributed by atoms with Gasteiger partial charge in [-0.15, -0.1) is 0 Å². The summed E-state index contributed by atoms with van der Waals surface area (Å²) in [6.45, 7) is 3.70. The zero-order chi connectivity index (χ0) is 22.2. The summed E-state index contributed by atoms with van der Waals surface area (Å²) in [7, 11) is 0. The molecule has 9 nitrogen and oxygen atoms in total. The van der Waals surface area contributed by atoms with E-state index in [1.54, 1.807) is 24.5 Å². The number of aromatic carboxylic acids is 1. The van der Waals surface area contributed by atoms with Gasteiger partial charge in [-0.1, -0.05) is 29.3 Å². The summed E-state index contributed by atoms with van der Waals surface area (Å²) in [4.78, 5) is 35.1. The molecule has 1 aromatic carbocycles. The summed E-state index contributed by atoms with van der Waals surface area (Å²) in [5.74, 6) is -1.37. The van der Waals surface area contributed by atoms with Gasteiger partial charge in [-0.25, -0.2) is 4.79 Å². The second-order valence-electron chi connectivity index (χ2n) is 6.43. The van der Waals surface area contributed by atoms with E-state index in [0.717, 1.165) is 6.20 Å². The minimum absolute atomic E-state index is 0.0387. The zero-order valence-corrected chi connectivity index (χ0v) is 17.4. The highest BCUT2D eigenvalue weighted by Crippen LogP contribution is 2.31. The van der Waals surface area contributed by atoms with Crippen LogP contribution >= 0.6 is 23.2 Å². The number of hydrogen-bond donors (Lipinski definition) is 1. The van der Waals surface area contributed by atoms with Gasteiger partial charge in [0.2, 0.25) is 0 Å². The number of aromatic nitrogens is 3. The first-order valence-electron chi connectivity index (χ1n) is 8.77. The molecule has 30 heavy (non-hydrogen) atoms. The summed E-state index contributed by atoms with van der Waals surface area (Å²) in [6.07, 6.45) is 1.13. The fourth-order valence-corrected chi connectivity index (χ4v) is 3.57. The monoisotopic (exact) mass is 450 g/mol. The van der Waals surface area contributed by atoms with E-state index in [2.05, 4.69) is 5.10 Å². The van der Waals surface area contributed by atoms with Gasteiger partial charge in [-0.05, 0) is 26.0 Å². The van der Waals surface area contributed by atoms with E-state index in [-0.39, 0.29) is 22.9 Å². The molecule has 0 saturated heterocycles. The molecule has 0 aliphatic heterocycles. The molecule has 2 aromatic heterocycles. The number of benzene rings is 1. The molecule has 0 fully saturated rings. The first-order valence-corrected chi connectivity index (χ1v) is 9.53. The number of halogens is 2. The molecule has 0 unspecified atom stereocenters. The maximum absolute atomic E-state index is 12.7. The summed E-state index contributed by atoms with van der Waals surface area (Å²) >= 11 is 12.1. The molecule has 0 amide bonds. The Morgan fingerprint density at radius 1 is 1.27 bits per heavy atom. The van der Waals surface area contributed by atoms with Crippen molar-refractivity contribution in [2.45, 2.75) is 26.9 Å². The number of nitro groups is 1. The van der Waals surface area contributed by atoms with Gasteiger partial charge < -0.3 is 9.67 Å². The lowest BCUT2D eigenvalue weighted by Crippen LogP contribution is -2.24. The molecule has 3 aromatic rings. The highest BCUT2D eigenvalue weighted by molar-refractivity contribution is 6.42. The maximum atomic E-state index is 12.7. The largest absolute Gasteiger partial charge is 0.477 e. The van der Waals surface area contributed by atoms with E-state index < -0.39 is 21.9 Å². The van der Waals surface area contributed by atoms with Gasteiger partial charge in [0.15, 0.2) is 5.43 Å². The molecule has 2 heterocycles. The van der Waals surface area contributed by atoms with Crippen LogP contribution in [0, 0.1) is 17.0 Å². The molecule has 0 spiro atoms. The highest BCUT2D eigenvalue weighted by atomic mass is 35.5.